The fraction of sp³-hybridized carbons (Fsp3) is 0.0667. The molecule has 0 aliphatic rings. The third-order valence-electron chi connectivity index (χ3n) is 2.96. The Hall–Kier alpha value is -2.33. The molecule has 3 aromatic rings. The molecule has 0 aliphatic carbocycles. The van der Waals surface area contributed by atoms with E-state index in [0.717, 1.165) is 16.6 Å². The topological polar surface area (TPSA) is 57.8 Å². The van der Waals surface area contributed by atoms with Crippen LogP contribution >= 0.6 is 11.6 Å². The first kappa shape index (κ1) is 12.7. The smallest absolute Gasteiger partial charge is 0.257 e. The van der Waals surface area contributed by atoms with E-state index >= 15 is 0 Å². The van der Waals surface area contributed by atoms with Crippen molar-refractivity contribution in [3.63, 3.8) is 0 Å². The Bertz CT molecular complexity index is 733. The van der Waals surface area contributed by atoms with Crippen molar-refractivity contribution in [1.29, 1.82) is 0 Å². The van der Waals surface area contributed by atoms with E-state index in [-0.39, 0.29) is 5.91 Å². The summed E-state index contributed by atoms with van der Waals surface area (Å²) < 4.78 is 0. The summed E-state index contributed by atoms with van der Waals surface area (Å²) in [7, 11) is 0. The normalized spacial score (nSPS) is 10.7. The quantitative estimate of drug-likeness (QED) is 0.723. The molecule has 3 rings (SSSR count). The van der Waals surface area contributed by atoms with Gasteiger partial charge in [-0.15, -0.1) is 11.6 Å². The van der Waals surface area contributed by atoms with Gasteiger partial charge in [-0.3, -0.25) is 10.1 Å². The molecule has 2 aromatic carbocycles. The molecule has 0 atom stereocenters. The number of imidazole rings is 1. The number of H-pyrrole nitrogens is 1. The summed E-state index contributed by atoms with van der Waals surface area (Å²) in [5.74, 6) is 0.606. The van der Waals surface area contributed by atoms with Crippen LogP contribution in [0.2, 0.25) is 0 Å². The predicted molar refractivity (Wildman–Crippen MR) is 80.0 cm³/mol. The number of amides is 1. The third-order valence-corrected chi connectivity index (χ3v) is 3.27. The van der Waals surface area contributed by atoms with E-state index in [4.69, 9.17) is 11.6 Å². The standard InChI is InChI=1S/C15H12ClN3O/c16-9-10-4-3-5-11(8-10)14(20)19-15-17-12-6-1-2-7-13(12)18-15/h1-8H,9H2,(H2,17,18,19,20). The number of rotatable bonds is 3. The second-order valence-electron chi connectivity index (χ2n) is 4.39. The van der Waals surface area contributed by atoms with Crippen LogP contribution in [0.15, 0.2) is 48.5 Å². The van der Waals surface area contributed by atoms with Gasteiger partial charge >= 0.3 is 0 Å². The van der Waals surface area contributed by atoms with Gasteiger partial charge in [-0.25, -0.2) is 4.98 Å². The molecule has 1 aromatic heterocycles. The van der Waals surface area contributed by atoms with Crippen molar-refractivity contribution in [1.82, 2.24) is 9.97 Å². The summed E-state index contributed by atoms with van der Waals surface area (Å²) in [4.78, 5) is 19.5. The number of alkyl halides is 1. The minimum atomic E-state index is -0.212. The monoisotopic (exact) mass is 285 g/mol. The van der Waals surface area contributed by atoms with Crippen LogP contribution < -0.4 is 5.32 Å². The highest BCUT2D eigenvalue weighted by molar-refractivity contribution is 6.17. The summed E-state index contributed by atoms with van der Waals surface area (Å²) in [6.07, 6.45) is 0. The Morgan fingerprint density at radius 3 is 2.85 bits per heavy atom. The highest BCUT2D eigenvalue weighted by atomic mass is 35.5. The van der Waals surface area contributed by atoms with Crippen LogP contribution in [0, 0.1) is 0 Å². The number of nitrogens with one attached hydrogen (secondary N) is 2. The second kappa shape index (κ2) is 5.35. The summed E-state index contributed by atoms with van der Waals surface area (Å²) in [5.41, 5.74) is 3.17. The molecule has 100 valence electrons. The van der Waals surface area contributed by atoms with Gasteiger partial charge in [0.05, 0.1) is 11.0 Å². The van der Waals surface area contributed by atoms with Crippen molar-refractivity contribution in [2.75, 3.05) is 5.32 Å². The maximum atomic E-state index is 12.1. The van der Waals surface area contributed by atoms with Crippen LogP contribution in [-0.2, 0) is 5.88 Å². The van der Waals surface area contributed by atoms with Crippen molar-refractivity contribution in [2.24, 2.45) is 0 Å². The molecule has 0 saturated carbocycles. The van der Waals surface area contributed by atoms with E-state index in [1.807, 2.05) is 36.4 Å². The molecule has 2 N–H and O–H groups in total. The number of anilines is 1. The van der Waals surface area contributed by atoms with Gasteiger partial charge in [-0.05, 0) is 29.8 Å². The molecule has 20 heavy (non-hydrogen) atoms. The number of nitrogens with zero attached hydrogens (tertiary/aromatic N) is 1. The van der Waals surface area contributed by atoms with Crippen molar-refractivity contribution in [3.8, 4) is 0 Å². The first-order valence-electron chi connectivity index (χ1n) is 6.17. The Morgan fingerprint density at radius 1 is 1.20 bits per heavy atom. The van der Waals surface area contributed by atoms with E-state index in [9.17, 15) is 4.79 Å². The van der Waals surface area contributed by atoms with Crippen molar-refractivity contribution in [2.45, 2.75) is 5.88 Å². The largest absolute Gasteiger partial charge is 0.324 e. The third kappa shape index (κ3) is 2.51. The lowest BCUT2D eigenvalue weighted by Crippen LogP contribution is -2.13. The zero-order chi connectivity index (χ0) is 13.9. The molecule has 1 heterocycles. The molecule has 0 spiro atoms. The summed E-state index contributed by atoms with van der Waals surface area (Å²) in [6.45, 7) is 0. The molecule has 0 aliphatic heterocycles. The van der Waals surface area contributed by atoms with Gasteiger partial charge in [-0.1, -0.05) is 24.3 Å². The maximum Gasteiger partial charge on any atom is 0.257 e. The Balaban J connectivity index is 1.84. The number of halogens is 1. The molecular formula is C15H12ClN3O. The summed E-state index contributed by atoms with van der Waals surface area (Å²) in [5, 5.41) is 2.75. The van der Waals surface area contributed by atoms with E-state index in [0.29, 0.717) is 17.4 Å². The van der Waals surface area contributed by atoms with Gasteiger partial charge in [0.1, 0.15) is 0 Å². The molecule has 1 amide bonds. The van der Waals surface area contributed by atoms with Gasteiger partial charge in [0.25, 0.3) is 5.91 Å². The van der Waals surface area contributed by atoms with E-state index < -0.39 is 0 Å². The van der Waals surface area contributed by atoms with Crippen molar-refractivity contribution >= 4 is 34.5 Å². The number of carbonyl (C=O) groups is 1. The molecule has 0 bridgehead atoms. The number of hydrogen-bond acceptors (Lipinski definition) is 2. The van der Waals surface area contributed by atoms with Crippen LogP contribution in [0.3, 0.4) is 0 Å². The zero-order valence-corrected chi connectivity index (χ0v) is 11.3. The lowest BCUT2D eigenvalue weighted by molar-refractivity contribution is 0.102. The van der Waals surface area contributed by atoms with Crippen molar-refractivity contribution in [3.05, 3.63) is 59.7 Å². The maximum absolute atomic E-state index is 12.1. The Labute approximate surface area is 120 Å². The van der Waals surface area contributed by atoms with Crippen LogP contribution in [0.5, 0.6) is 0 Å². The molecule has 4 nitrogen and oxygen atoms in total. The van der Waals surface area contributed by atoms with Gasteiger partial charge in [0.15, 0.2) is 0 Å². The van der Waals surface area contributed by atoms with Crippen LogP contribution in [0.1, 0.15) is 15.9 Å². The number of carbonyl (C=O) groups excluding carboxylic acids is 1. The van der Waals surface area contributed by atoms with E-state index in [1.54, 1.807) is 12.1 Å². The predicted octanol–water partition coefficient (Wildman–Crippen LogP) is 3.55. The number of fused-ring (bicyclic) bond motifs is 1. The second-order valence-corrected chi connectivity index (χ2v) is 4.66. The van der Waals surface area contributed by atoms with Gasteiger partial charge in [0.2, 0.25) is 5.95 Å². The van der Waals surface area contributed by atoms with Crippen molar-refractivity contribution < 1.29 is 4.79 Å². The number of benzene rings is 2. The highest BCUT2D eigenvalue weighted by Gasteiger charge is 2.09. The minimum Gasteiger partial charge on any atom is -0.324 e. The Morgan fingerprint density at radius 2 is 2.05 bits per heavy atom. The average Bonchev–Trinajstić information content (AvgIpc) is 2.89. The first-order valence-corrected chi connectivity index (χ1v) is 6.71. The molecular weight excluding hydrogens is 274 g/mol. The highest BCUT2D eigenvalue weighted by Crippen LogP contribution is 2.15. The minimum absolute atomic E-state index is 0.212. The number of hydrogen-bond donors (Lipinski definition) is 2. The molecule has 5 heteroatoms. The number of aromatic amines is 1. The zero-order valence-electron chi connectivity index (χ0n) is 10.6. The van der Waals surface area contributed by atoms with Gasteiger partial charge < -0.3 is 4.98 Å². The fourth-order valence-corrected chi connectivity index (χ4v) is 2.15. The summed E-state index contributed by atoms with van der Waals surface area (Å²) >= 11 is 5.77. The van der Waals surface area contributed by atoms with E-state index in [1.165, 1.54) is 0 Å². The number of para-hydroxylation sites is 2. The average molecular weight is 286 g/mol. The lowest BCUT2D eigenvalue weighted by atomic mass is 10.1. The van der Waals surface area contributed by atoms with Gasteiger partial charge in [0, 0.05) is 11.4 Å². The van der Waals surface area contributed by atoms with Crippen LogP contribution in [0.4, 0.5) is 5.95 Å². The molecule has 0 saturated heterocycles. The van der Waals surface area contributed by atoms with Crippen LogP contribution in [-0.4, -0.2) is 15.9 Å². The molecule has 0 radical (unpaired) electrons. The molecule has 0 unspecified atom stereocenters. The SMILES string of the molecule is O=C(Nc1nc2ccccc2[nH]1)c1cccc(CCl)c1. The fourth-order valence-electron chi connectivity index (χ4n) is 1.99. The summed E-state index contributed by atoms with van der Waals surface area (Å²) in [6, 6.07) is 14.8. The first-order chi connectivity index (χ1) is 9.76. The number of aromatic nitrogens is 2. The Kier molecular flexibility index (Phi) is 3.39. The van der Waals surface area contributed by atoms with Crippen LogP contribution in [0.25, 0.3) is 11.0 Å². The molecule has 0 fully saturated rings. The van der Waals surface area contributed by atoms with Gasteiger partial charge in [-0.2, -0.15) is 0 Å². The lowest BCUT2D eigenvalue weighted by Gasteiger charge is -2.03. The van der Waals surface area contributed by atoms with E-state index in [2.05, 4.69) is 15.3 Å².